The second-order valence-electron chi connectivity index (χ2n) is 6.50. The van der Waals surface area contributed by atoms with E-state index in [0.29, 0.717) is 10.8 Å². The predicted molar refractivity (Wildman–Crippen MR) is 103 cm³/mol. The summed E-state index contributed by atoms with van der Waals surface area (Å²) in [6.07, 6.45) is 0.239. The number of ether oxygens (including phenoxy) is 1. The number of carbonyl (C=O) groups is 1. The molecule has 0 saturated carbocycles. The van der Waals surface area contributed by atoms with Crippen molar-refractivity contribution < 1.29 is 9.53 Å². The molecule has 3 nitrogen and oxygen atoms in total. The molecule has 25 heavy (non-hydrogen) atoms. The summed E-state index contributed by atoms with van der Waals surface area (Å²) in [5, 5.41) is 3.78. The lowest BCUT2D eigenvalue weighted by molar-refractivity contribution is -0.128. The molecule has 4 heteroatoms. The first-order chi connectivity index (χ1) is 11.8. The van der Waals surface area contributed by atoms with Crippen molar-refractivity contribution in [2.75, 3.05) is 0 Å². The van der Waals surface area contributed by atoms with Gasteiger partial charge in [-0.3, -0.25) is 4.79 Å². The number of amides is 1. The topological polar surface area (TPSA) is 38.3 Å². The Kier molecular flexibility index (Phi) is 6.49. The number of benzene rings is 2. The third-order valence-corrected chi connectivity index (χ3v) is 4.76. The zero-order chi connectivity index (χ0) is 18.6. The van der Waals surface area contributed by atoms with Crippen LogP contribution < -0.4 is 10.1 Å². The highest BCUT2D eigenvalue weighted by atomic mass is 35.5. The molecule has 0 unspecified atom stereocenters. The molecule has 2 aromatic carbocycles. The Morgan fingerprint density at radius 2 is 1.84 bits per heavy atom. The van der Waals surface area contributed by atoms with Crippen molar-refractivity contribution in [2.45, 2.75) is 53.2 Å². The number of hydrogen-bond acceptors (Lipinski definition) is 2. The molecule has 1 amide bonds. The Hall–Kier alpha value is -2.00. The van der Waals surface area contributed by atoms with E-state index in [4.69, 9.17) is 16.3 Å². The Morgan fingerprint density at radius 1 is 1.12 bits per heavy atom. The number of nitrogens with one attached hydrogen (secondary N) is 1. The quantitative estimate of drug-likeness (QED) is 0.760. The maximum Gasteiger partial charge on any atom is 0.261 e. The Bertz CT molecular complexity index is 758. The van der Waals surface area contributed by atoms with Gasteiger partial charge in [-0.2, -0.15) is 0 Å². The normalized spacial score (nSPS) is 13.2. The van der Waals surface area contributed by atoms with Gasteiger partial charge in [-0.1, -0.05) is 42.3 Å². The van der Waals surface area contributed by atoms with E-state index in [-0.39, 0.29) is 11.9 Å². The lowest BCUT2D eigenvalue weighted by Gasteiger charge is -2.22. The first kappa shape index (κ1) is 19.3. The summed E-state index contributed by atoms with van der Waals surface area (Å²) in [5.74, 6) is 0.517. The molecule has 0 aromatic heterocycles. The highest BCUT2D eigenvalue weighted by Crippen LogP contribution is 2.24. The lowest BCUT2D eigenvalue weighted by atomic mass is 9.97. The van der Waals surface area contributed by atoms with Crippen LogP contribution in [0, 0.1) is 20.8 Å². The summed E-state index contributed by atoms with van der Waals surface area (Å²) >= 11 is 6.03. The van der Waals surface area contributed by atoms with Crippen LogP contribution in [0.5, 0.6) is 5.75 Å². The van der Waals surface area contributed by atoms with Gasteiger partial charge in [-0.15, -0.1) is 0 Å². The molecule has 0 spiro atoms. The summed E-state index contributed by atoms with van der Waals surface area (Å²) in [7, 11) is 0. The van der Waals surface area contributed by atoms with Crippen LogP contribution >= 0.6 is 11.6 Å². The zero-order valence-electron chi connectivity index (χ0n) is 15.5. The van der Waals surface area contributed by atoms with Crippen molar-refractivity contribution >= 4 is 17.5 Å². The standard InChI is InChI=1S/C21H26ClNO2/c1-6-20(18-9-7-13(2)11-14(18)3)23-21(24)16(5)25-17-8-10-19(22)15(4)12-17/h7-12,16,20H,6H2,1-5H3,(H,23,24)/t16-,20-/m1/s1. The van der Waals surface area contributed by atoms with Crippen LogP contribution in [0.25, 0.3) is 0 Å². The Labute approximate surface area is 155 Å². The van der Waals surface area contributed by atoms with Crippen molar-refractivity contribution in [3.05, 3.63) is 63.7 Å². The number of hydrogen-bond donors (Lipinski definition) is 1. The van der Waals surface area contributed by atoms with Gasteiger partial charge in [0.2, 0.25) is 0 Å². The molecule has 2 aromatic rings. The SMILES string of the molecule is CC[C@@H](NC(=O)[C@@H](C)Oc1ccc(Cl)c(C)c1)c1ccc(C)cc1C. The highest BCUT2D eigenvalue weighted by Gasteiger charge is 2.20. The summed E-state index contributed by atoms with van der Waals surface area (Å²) in [6.45, 7) is 9.88. The largest absolute Gasteiger partial charge is 0.481 e. The molecule has 0 saturated heterocycles. The average Bonchev–Trinajstić information content (AvgIpc) is 2.56. The molecule has 2 atom stereocenters. The van der Waals surface area contributed by atoms with E-state index in [1.165, 1.54) is 11.1 Å². The maximum absolute atomic E-state index is 12.6. The van der Waals surface area contributed by atoms with Crippen LogP contribution in [0.15, 0.2) is 36.4 Å². The molecule has 0 radical (unpaired) electrons. The Balaban J connectivity index is 2.06. The van der Waals surface area contributed by atoms with Crippen LogP contribution in [0.1, 0.15) is 48.6 Å². The summed E-state index contributed by atoms with van der Waals surface area (Å²) in [6, 6.07) is 11.7. The van der Waals surface area contributed by atoms with Crippen LogP contribution in [0.4, 0.5) is 0 Å². The minimum atomic E-state index is -0.583. The fraction of sp³-hybridized carbons (Fsp3) is 0.381. The number of aryl methyl sites for hydroxylation is 3. The van der Waals surface area contributed by atoms with E-state index in [2.05, 4.69) is 44.3 Å². The molecule has 1 N–H and O–H groups in total. The second kappa shape index (κ2) is 8.39. The summed E-state index contributed by atoms with van der Waals surface area (Å²) in [4.78, 5) is 12.6. The van der Waals surface area contributed by atoms with Gasteiger partial charge in [0.05, 0.1) is 6.04 Å². The first-order valence-corrected chi connectivity index (χ1v) is 9.00. The summed E-state index contributed by atoms with van der Waals surface area (Å²) < 4.78 is 5.77. The van der Waals surface area contributed by atoms with Crippen LogP contribution in [-0.2, 0) is 4.79 Å². The van der Waals surface area contributed by atoms with Gasteiger partial charge in [0.1, 0.15) is 5.75 Å². The number of halogens is 1. The lowest BCUT2D eigenvalue weighted by Crippen LogP contribution is -2.38. The fourth-order valence-corrected chi connectivity index (χ4v) is 2.97. The van der Waals surface area contributed by atoms with E-state index in [0.717, 1.165) is 17.5 Å². The number of carbonyl (C=O) groups excluding carboxylic acids is 1. The zero-order valence-corrected chi connectivity index (χ0v) is 16.3. The maximum atomic E-state index is 12.6. The van der Waals surface area contributed by atoms with Gasteiger partial charge in [0.15, 0.2) is 6.10 Å². The molecule has 0 heterocycles. The molecule has 0 bridgehead atoms. The third-order valence-electron chi connectivity index (χ3n) is 4.34. The van der Waals surface area contributed by atoms with Crippen LogP contribution in [0.2, 0.25) is 5.02 Å². The predicted octanol–water partition coefficient (Wildman–Crippen LogP) is 5.30. The fourth-order valence-electron chi connectivity index (χ4n) is 2.85. The third kappa shape index (κ3) is 4.99. The first-order valence-electron chi connectivity index (χ1n) is 8.62. The number of rotatable bonds is 6. The minimum Gasteiger partial charge on any atom is -0.481 e. The van der Waals surface area contributed by atoms with Gasteiger partial charge >= 0.3 is 0 Å². The van der Waals surface area contributed by atoms with Gasteiger partial charge in [0, 0.05) is 5.02 Å². The van der Waals surface area contributed by atoms with Gasteiger partial charge in [-0.25, -0.2) is 0 Å². The van der Waals surface area contributed by atoms with Crippen molar-refractivity contribution in [3.8, 4) is 5.75 Å². The van der Waals surface area contributed by atoms with E-state index in [1.54, 1.807) is 19.1 Å². The average molecular weight is 360 g/mol. The molecule has 2 rings (SSSR count). The van der Waals surface area contributed by atoms with E-state index < -0.39 is 6.10 Å². The summed E-state index contributed by atoms with van der Waals surface area (Å²) in [5.41, 5.74) is 4.48. The molecule has 0 aliphatic rings. The van der Waals surface area contributed by atoms with Crippen molar-refractivity contribution in [1.82, 2.24) is 5.32 Å². The van der Waals surface area contributed by atoms with Gasteiger partial charge in [0.25, 0.3) is 5.91 Å². The molecule has 0 aliphatic heterocycles. The Morgan fingerprint density at radius 3 is 2.44 bits per heavy atom. The molecular formula is C21H26ClNO2. The van der Waals surface area contributed by atoms with E-state index in [1.807, 2.05) is 13.0 Å². The molecule has 0 aliphatic carbocycles. The smallest absolute Gasteiger partial charge is 0.261 e. The minimum absolute atomic E-state index is 0.0221. The van der Waals surface area contributed by atoms with Crippen molar-refractivity contribution in [1.29, 1.82) is 0 Å². The molecular weight excluding hydrogens is 334 g/mol. The van der Waals surface area contributed by atoms with Crippen molar-refractivity contribution in [3.63, 3.8) is 0 Å². The van der Waals surface area contributed by atoms with Crippen molar-refractivity contribution in [2.24, 2.45) is 0 Å². The van der Waals surface area contributed by atoms with E-state index in [9.17, 15) is 4.79 Å². The molecule has 134 valence electrons. The highest BCUT2D eigenvalue weighted by molar-refractivity contribution is 6.31. The van der Waals surface area contributed by atoms with E-state index >= 15 is 0 Å². The van der Waals surface area contributed by atoms with Crippen LogP contribution in [-0.4, -0.2) is 12.0 Å². The second-order valence-corrected chi connectivity index (χ2v) is 6.91. The van der Waals surface area contributed by atoms with Crippen LogP contribution in [0.3, 0.4) is 0 Å². The molecule has 0 fully saturated rings. The monoisotopic (exact) mass is 359 g/mol. The van der Waals surface area contributed by atoms with Gasteiger partial charge in [-0.05, 0) is 69.0 Å². The van der Waals surface area contributed by atoms with Gasteiger partial charge < -0.3 is 10.1 Å².